The fourth-order valence-electron chi connectivity index (χ4n) is 2.05. The number of Topliss-reactive ketones (excluding diaryl/α,β-unsaturated/α-hetero) is 1. The number of carbonyl (C=O) groups is 1. The van der Waals surface area contributed by atoms with E-state index in [-0.39, 0.29) is 23.2 Å². The SMILES string of the molecule is O=C(Cc1ccsc1)CC1CCS(=O)(=O)C1. The largest absolute Gasteiger partial charge is 0.299 e. The summed E-state index contributed by atoms with van der Waals surface area (Å²) < 4.78 is 22.5. The highest BCUT2D eigenvalue weighted by Crippen LogP contribution is 2.22. The van der Waals surface area contributed by atoms with Gasteiger partial charge in [-0.3, -0.25) is 4.79 Å². The molecule has 0 amide bonds. The minimum Gasteiger partial charge on any atom is -0.299 e. The Morgan fingerprint density at radius 3 is 2.88 bits per heavy atom. The van der Waals surface area contributed by atoms with E-state index in [2.05, 4.69) is 0 Å². The van der Waals surface area contributed by atoms with Crippen LogP contribution in [0.2, 0.25) is 0 Å². The normalized spacial score (nSPS) is 23.4. The molecule has 1 aromatic rings. The smallest absolute Gasteiger partial charge is 0.150 e. The zero-order valence-electron chi connectivity index (χ0n) is 8.89. The first-order valence-electron chi connectivity index (χ1n) is 5.28. The predicted octanol–water partition coefficient (Wildman–Crippen LogP) is 1.68. The van der Waals surface area contributed by atoms with Crippen LogP contribution in [0.3, 0.4) is 0 Å². The van der Waals surface area contributed by atoms with Crippen LogP contribution in [-0.2, 0) is 21.1 Å². The van der Waals surface area contributed by atoms with Gasteiger partial charge in [-0.15, -0.1) is 0 Å². The maximum Gasteiger partial charge on any atom is 0.150 e. The van der Waals surface area contributed by atoms with E-state index in [1.807, 2.05) is 16.8 Å². The molecule has 1 fully saturated rings. The van der Waals surface area contributed by atoms with Crippen molar-refractivity contribution in [1.29, 1.82) is 0 Å². The van der Waals surface area contributed by atoms with E-state index in [1.165, 1.54) is 0 Å². The molecule has 1 unspecified atom stereocenters. The third-order valence-electron chi connectivity index (χ3n) is 2.82. The van der Waals surface area contributed by atoms with E-state index in [0.717, 1.165) is 5.56 Å². The van der Waals surface area contributed by atoms with Crippen molar-refractivity contribution in [3.8, 4) is 0 Å². The summed E-state index contributed by atoms with van der Waals surface area (Å²) in [5.74, 6) is 0.655. The van der Waals surface area contributed by atoms with E-state index < -0.39 is 9.84 Å². The second kappa shape index (κ2) is 4.67. The van der Waals surface area contributed by atoms with Crippen molar-refractivity contribution in [2.24, 2.45) is 5.92 Å². The van der Waals surface area contributed by atoms with Crippen molar-refractivity contribution in [2.45, 2.75) is 19.3 Å². The van der Waals surface area contributed by atoms with Gasteiger partial charge in [0.15, 0.2) is 9.84 Å². The Bertz CT molecular complexity index is 459. The summed E-state index contributed by atoms with van der Waals surface area (Å²) in [5.41, 5.74) is 1.04. The van der Waals surface area contributed by atoms with Gasteiger partial charge in [0.05, 0.1) is 11.5 Å². The number of hydrogen-bond acceptors (Lipinski definition) is 4. The number of hydrogen-bond donors (Lipinski definition) is 0. The molecule has 0 bridgehead atoms. The van der Waals surface area contributed by atoms with Gasteiger partial charge in [0.2, 0.25) is 0 Å². The number of thiophene rings is 1. The van der Waals surface area contributed by atoms with Gasteiger partial charge >= 0.3 is 0 Å². The van der Waals surface area contributed by atoms with Crippen LogP contribution in [0.5, 0.6) is 0 Å². The van der Waals surface area contributed by atoms with Crippen LogP contribution in [-0.4, -0.2) is 25.7 Å². The first-order valence-corrected chi connectivity index (χ1v) is 8.05. The van der Waals surface area contributed by atoms with E-state index in [9.17, 15) is 13.2 Å². The third kappa shape index (κ3) is 3.15. The molecule has 1 saturated heterocycles. The Labute approximate surface area is 99.4 Å². The number of rotatable bonds is 4. The second-order valence-electron chi connectivity index (χ2n) is 4.32. The van der Waals surface area contributed by atoms with E-state index in [4.69, 9.17) is 0 Å². The van der Waals surface area contributed by atoms with Crippen LogP contribution < -0.4 is 0 Å². The first kappa shape index (κ1) is 11.8. The lowest BCUT2D eigenvalue weighted by Crippen LogP contribution is -2.12. The van der Waals surface area contributed by atoms with Crippen LogP contribution in [0.4, 0.5) is 0 Å². The summed E-state index contributed by atoms with van der Waals surface area (Å²) >= 11 is 1.58. The molecule has 0 saturated carbocycles. The first-order chi connectivity index (χ1) is 7.55. The lowest BCUT2D eigenvalue weighted by molar-refractivity contribution is -0.119. The Kier molecular flexibility index (Phi) is 3.44. The molecule has 1 aliphatic heterocycles. The topological polar surface area (TPSA) is 51.2 Å². The fraction of sp³-hybridized carbons (Fsp3) is 0.545. The van der Waals surface area contributed by atoms with Crippen molar-refractivity contribution in [3.05, 3.63) is 22.4 Å². The predicted molar refractivity (Wildman–Crippen MR) is 64.4 cm³/mol. The molecule has 0 radical (unpaired) electrons. The summed E-state index contributed by atoms with van der Waals surface area (Å²) in [7, 11) is -2.85. The van der Waals surface area contributed by atoms with Crippen molar-refractivity contribution in [3.63, 3.8) is 0 Å². The lowest BCUT2D eigenvalue weighted by atomic mass is 9.99. The molecule has 5 heteroatoms. The third-order valence-corrected chi connectivity index (χ3v) is 5.39. The molecular formula is C11H14O3S2. The van der Waals surface area contributed by atoms with Crippen molar-refractivity contribution >= 4 is 27.0 Å². The molecule has 2 heterocycles. The Morgan fingerprint density at radius 1 is 1.50 bits per heavy atom. The van der Waals surface area contributed by atoms with Crippen LogP contribution in [0.15, 0.2) is 16.8 Å². The number of ketones is 1. The summed E-state index contributed by atoms with van der Waals surface area (Å²) in [6.07, 6.45) is 1.51. The number of carbonyl (C=O) groups excluding carboxylic acids is 1. The van der Waals surface area contributed by atoms with Crippen molar-refractivity contribution < 1.29 is 13.2 Å². The molecule has 0 aromatic carbocycles. The quantitative estimate of drug-likeness (QED) is 0.825. The van der Waals surface area contributed by atoms with Gasteiger partial charge in [-0.25, -0.2) is 8.42 Å². The Balaban J connectivity index is 1.85. The highest BCUT2D eigenvalue weighted by Gasteiger charge is 2.29. The standard InChI is InChI=1S/C11H14O3S2/c12-11(5-9-1-3-15-7-9)6-10-2-4-16(13,14)8-10/h1,3,7,10H,2,4-6,8H2. The highest BCUT2D eigenvalue weighted by atomic mass is 32.2. The van der Waals surface area contributed by atoms with E-state index >= 15 is 0 Å². The lowest BCUT2D eigenvalue weighted by Gasteiger charge is -2.05. The molecule has 3 nitrogen and oxygen atoms in total. The average molecular weight is 258 g/mol. The summed E-state index contributed by atoms with van der Waals surface area (Å²) in [6, 6.07) is 1.94. The van der Waals surface area contributed by atoms with Gasteiger partial charge in [0.25, 0.3) is 0 Å². The molecule has 16 heavy (non-hydrogen) atoms. The van der Waals surface area contributed by atoms with Gasteiger partial charge < -0.3 is 0 Å². The Morgan fingerprint density at radius 2 is 2.31 bits per heavy atom. The van der Waals surface area contributed by atoms with Gasteiger partial charge in [0, 0.05) is 12.8 Å². The second-order valence-corrected chi connectivity index (χ2v) is 7.33. The van der Waals surface area contributed by atoms with Gasteiger partial charge in [-0.05, 0) is 34.7 Å². The zero-order valence-corrected chi connectivity index (χ0v) is 10.5. The molecular weight excluding hydrogens is 244 g/mol. The zero-order chi connectivity index (χ0) is 11.6. The van der Waals surface area contributed by atoms with E-state index in [0.29, 0.717) is 19.3 Å². The molecule has 0 N–H and O–H groups in total. The maximum atomic E-state index is 11.7. The minimum absolute atomic E-state index is 0.0520. The minimum atomic E-state index is -2.85. The highest BCUT2D eigenvalue weighted by molar-refractivity contribution is 7.91. The van der Waals surface area contributed by atoms with Crippen LogP contribution in [0.1, 0.15) is 18.4 Å². The maximum absolute atomic E-state index is 11.7. The fourth-order valence-corrected chi connectivity index (χ4v) is 4.58. The van der Waals surface area contributed by atoms with Gasteiger partial charge in [0.1, 0.15) is 5.78 Å². The summed E-state index contributed by atoms with van der Waals surface area (Å²) in [4.78, 5) is 11.7. The summed E-state index contributed by atoms with van der Waals surface area (Å²) in [5, 5.41) is 3.91. The average Bonchev–Trinajstić information content (AvgIpc) is 2.76. The van der Waals surface area contributed by atoms with Crippen LogP contribution >= 0.6 is 11.3 Å². The van der Waals surface area contributed by atoms with Crippen molar-refractivity contribution in [2.75, 3.05) is 11.5 Å². The van der Waals surface area contributed by atoms with E-state index in [1.54, 1.807) is 11.3 Å². The van der Waals surface area contributed by atoms with Crippen LogP contribution in [0.25, 0.3) is 0 Å². The molecule has 2 rings (SSSR count). The molecule has 1 aliphatic rings. The molecule has 1 atom stereocenters. The molecule has 88 valence electrons. The van der Waals surface area contributed by atoms with Crippen molar-refractivity contribution in [1.82, 2.24) is 0 Å². The molecule has 0 aliphatic carbocycles. The van der Waals surface area contributed by atoms with Gasteiger partial charge in [-0.2, -0.15) is 11.3 Å². The van der Waals surface area contributed by atoms with Gasteiger partial charge in [-0.1, -0.05) is 0 Å². The molecule has 1 aromatic heterocycles. The number of sulfone groups is 1. The summed E-state index contributed by atoms with van der Waals surface area (Å²) in [6.45, 7) is 0. The molecule has 0 spiro atoms. The van der Waals surface area contributed by atoms with Crippen LogP contribution in [0, 0.1) is 5.92 Å². The Hall–Kier alpha value is -0.680. The monoisotopic (exact) mass is 258 g/mol.